The molecule has 13 heavy (non-hydrogen) atoms. The Hall–Kier alpha value is -0.930. The Morgan fingerprint density at radius 1 is 1.46 bits per heavy atom. The maximum Gasteiger partial charge on any atom is 0.0547 e. The Kier molecular flexibility index (Phi) is 2.57. The molecule has 0 spiro atoms. The van der Waals surface area contributed by atoms with Crippen LogP contribution >= 0.6 is 0 Å². The monoisotopic (exact) mass is 177 g/mol. The highest BCUT2D eigenvalue weighted by Gasteiger charge is 2.13. The predicted molar refractivity (Wildman–Crippen MR) is 52.0 cm³/mol. The molecule has 0 radical (unpaired) electrons. The minimum absolute atomic E-state index is 0.607. The summed E-state index contributed by atoms with van der Waals surface area (Å²) in [6, 6.07) is 4.07. The zero-order valence-electron chi connectivity index (χ0n) is 7.74. The second-order valence-electron chi connectivity index (χ2n) is 3.49. The number of pyridine rings is 1. The molecule has 0 aliphatic carbocycles. The van der Waals surface area contributed by atoms with Gasteiger partial charge in [0.15, 0.2) is 0 Å². The molecule has 0 saturated carbocycles. The maximum atomic E-state index is 5.55. The van der Waals surface area contributed by atoms with Gasteiger partial charge in [0, 0.05) is 19.3 Å². The minimum Gasteiger partial charge on any atom is -0.326 e. The van der Waals surface area contributed by atoms with Crippen LogP contribution in [0, 0.1) is 0 Å². The van der Waals surface area contributed by atoms with Gasteiger partial charge in [-0.2, -0.15) is 0 Å². The van der Waals surface area contributed by atoms with Crippen molar-refractivity contribution in [2.45, 2.75) is 19.5 Å². The summed E-state index contributed by atoms with van der Waals surface area (Å²) in [5, 5.41) is 0. The summed E-state index contributed by atoms with van der Waals surface area (Å²) in [5.41, 5.74) is 7.87. The van der Waals surface area contributed by atoms with E-state index in [1.54, 1.807) is 0 Å². The van der Waals surface area contributed by atoms with Crippen LogP contribution in [-0.4, -0.2) is 23.0 Å². The molecule has 2 rings (SSSR count). The molecule has 1 aromatic heterocycles. The van der Waals surface area contributed by atoms with Gasteiger partial charge in [-0.1, -0.05) is 0 Å². The maximum absolute atomic E-state index is 5.55. The minimum atomic E-state index is 0.607. The molecule has 0 amide bonds. The highest BCUT2D eigenvalue weighted by atomic mass is 15.2. The van der Waals surface area contributed by atoms with E-state index < -0.39 is 0 Å². The summed E-state index contributed by atoms with van der Waals surface area (Å²) in [5.74, 6) is 0. The smallest absolute Gasteiger partial charge is 0.0547 e. The topological polar surface area (TPSA) is 42.1 Å². The predicted octanol–water partition coefficient (Wildman–Crippen LogP) is 0.746. The summed E-state index contributed by atoms with van der Waals surface area (Å²) in [4.78, 5) is 6.70. The first-order valence-corrected chi connectivity index (χ1v) is 4.75. The molecule has 0 atom stereocenters. The summed E-state index contributed by atoms with van der Waals surface area (Å²) in [6.45, 7) is 4.02. The molecule has 1 aromatic rings. The van der Waals surface area contributed by atoms with E-state index in [9.17, 15) is 0 Å². The Morgan fingerprint density at radius 3 is 2.92 bits per heavy atom. The third kappa shape index (κ3) is 2.05. The van der Waals surface area contributed by atoms with Crippen molar-refractivity contribution in [3.8, 4) is 0 Å². The van der Waals surface area contributed by atoms with E-state index in [-0.39, 0.29) is 0 Å². The van der Waals surface area contributed by atoms with Crippen molar-refractivity contribution in [2.75, 3.05) is 13.1 Å². The van der Waals surface area contributed by atoms with E-state index in [0.29, 0.717) is 6.54 Å². The van der Waals surface area contributed by atoms with Gasteiger partial charge in [-0.15, -0.1) is 0 Å². The summed E-state index contributed by atoms with van der Waals surface area (Å²) in [7, 11) is 0. The lowest BCUT2D eigenvalue weighted by Crippen LogP contribution is -2.36. The molecular formula is C10H15N3. The molecule has 2 heterocycles. The number of nitrogens with zero attached hydrogens (tertiary/aromatic N) is 2. The first-order valence-electron chi connectivity index (χ1n) is 4.75. The van der Waals surface area contributed by atoms with E-state index >= 15 is 0 Å². The Balaban J connectivity index is 2.01. The fourth-order valence-corrected chi connectivity index (χ4v) is 1.51. The van der Waals surface area contributed by atoms with E-state index in [0.717, 1.165) is 12.2 Å². The lowest BCUT2D eigenvalue weighted by atomic mass is 10.2. The molecule has 1 aliphatic heterocycles. The molecule has 1 fully saturated rings. The van der Waals surface area contributed by atoms with Crippen molar-refractivity contribution >= 4 is 0 Å². The van der Waals surface area contributed by atoms with Crippen molar-refractivity contribution < 1.29 is 0 Å². The highest BCUT2D eigenvalue weighted by Crippen LogP contribution is 2.11. The molecule has 0 bridgehead atoms. The first kappa shape index (κ1) is 8.66. The number of rotatable bonds is 3. The first-order chi connectivity index (χ1) is 6.38. The summed E-state index contributed by atoms with van der Waals surface area (Å²) < 4.78 is 0. The van der Waals surface area contributed by atoms with Crippen LogP contribution in [0.2, 0.25) is 0 Å². The molecule has 0 aromatic carbocycles. The van der Waals surface area contributed by atoms with E-state index in [2.05, 4.69) is 16.0 Å². The molecule has 3 nitrogen and oxygen atoms in total. The fourth-order valence-electron chi connectivity index (χ4n) is 1.51. The van der Waals surface area contributed by atoms with E-state index in [4.69, 9.17) is 5.73 Å². The quantitative estimate of drug-likeness (QED) is 0.740. The molecule has 2 N–H and O–H groups in total. The van der Waals surface area contributed by atoms with Gasteiger partial charge in [0.1, 0.15) is 0 Å². The van der Waals surface area contributed by atoms with Gasteiger partial charge in [-0.3, -0.25) is 9.88 Å². The van der Waals surface area contributed by atoms with Crippen LogP contribution < -0.4 is 5.73 Å². The van der Waals surface area contributed by atoms with Crippen LogP contribution in [0.25, 0.3) is 0 Å². The lowest BCUT2D eigenvalue weighted by Gasteiger charge is -2.30. The number of likely N-dealkylation sites (tertiary alicyclic amines) is 1. The van der Waals surface area contributed by atoms with Crippen LogP contribution in [0.3, 0.4) is 0 Å². The highest BCUT2D eigenvalue weighted by molar-refractivity contribution is 5.16. The number of hydrogen-bond acceptors (Lipinski definition) is 3. The van der Waals surface area contributed by atoms with Crippen LogP contribution in [0.4, 0.5) is 0 Å². The second kappa shape index (κ2) is 3.85. The van der Waals surface area contributed by atoms with Crippen LogP contribution in [0.1, 0.15) is 17.7 Å². The summed E-state index contributed by atoms with van der Waals surface area (Å²) in [6.07, 6.45) is 3.17. The van der Waals surface area contributed by atoms with E-state index in [1.165, 1.54) is 25.1 Å². The zero-order chi connectivity index (χ0) is 9.10. The van der Waals surface area contributed by atoms with Crippen LogP contribution in [-0.2, 0) is 13.1 Å². The van der Waals surface area contributed by atoms with Gasteiger partial charge >= 0.3 is 0 Å². The van der Waals surface area contributed by atoms with Crippen LogP contribution in [0.5, 0.6) is 0 Å². The molecule has 0 unspecified atom stereocenters. The van der Waals surface area contributed by atoms with Crippen molar-refractivity contribution in [2.24, 2.45) is 5.73 Å². The van der Waals surface area contributed by atoms with Gasteiger partial charge in [-0.25, -0.2) is 0 Å². The van der Waals surface area contributed by atoms with Gasteiger partial charge in [-0.05, 0) is 37.2 Å². The summed E-state index contributed by atoms with van der Waals surface area (Å²) >= 11 is 0. The Bertz CT molecular complexity index is 281. The SMILES string of the molecule is NCc1ccnc(CN2CCC2)c1. The van der Waals surface area contributed by atoms with Gasteiger partial charge in [0.05, 0.1) is 5.69 Å². The van der Waals surface area contributed by atoms with Crippen molar-refractivity contribution in [1.82, 2.24) is 9.88 Å². The molecule has 1 saturated heterocycles. The number of hydrogen-bond donors (Lipinski definition) is 1. The third-order valence-corrected chi connectivity index (χ3v) is 2.45. The second-order valence-corrected chi connectivity index (χ2v) is 3.49. The van der Waals surface area contributed by atoms with Crippen molar-refractivity contribution in [1.29, 1.82) is 0 Å². The molecular weight excluding hydrogens is 162 g/mol. The van der Waals surface area contributed by atoms with Gasteiger partial charge in [0.25, 0.3) is 0 Å². The zero-order valence-corrected chi connectivity index (χ0v) is 7.74. The van der Waals surface area contributed by atoms with Gasteiger partial charge in [0.2, 0.25) is 0 Å². The normalized spacial score (nSPS) is 17.0. The average Bonchev–Trinajstić information content (AvgIpc) is 2.12. The Morgan fingerprint density at radius 2 is 2.31 bits per heavy atom. The van der Waals surface area contributed by atoms with Crippen molar-refractivity contribution in [3.05, 3.63) is 29.6 Å². The van der Waals surface area contributed by atoms with Gasteiger partial charge < -0.3 is 5.73 Å². The largest absolute Gasteiger partial charge is 0.326 e. The lowest BCUT2D eigenvalue weighted by molar-refractivity contribution is 0.170. The fraction of sp³-hybridized carbons (Fsp3) is 0.500. The van der Waals surface area contributed by atoms with Crippen LogP contribution in [0.15, 0.2) is 18.3 Å². The van der Waals surface area contributed by atoms with Crippen molar-refractivity contribution in [3.63, 3.8) is 0 Å². The number of aromatic nitrogens is 1. The third-order valence-electron chi connectivity index (χ3n) is 2.45. The molecule has 3 heteroatoms. The number of nitrogens with two attached hydrogens (primary N) is 1. The standard InChI is InChI=1S/C10H15N3/c11-7-9-2-3-12-10(6-9)8-13-4-1-5-13/h2-3,6H,1,4-5,7-8,11H2. The Labute approximate surface area is 78.6 Å². The molecule has 1 aliphatic rings. The van der Waals surface area contributed by atoms with E-state index in [1.807, 2.05) is 12.3 Å². The average molecular weight is 177 g/mol. The molecule has 70 valence electrons.